The fourth-order valence-corrected chi connectivity index (χ4v) is 2.19. The Labute approximate surface area is 92.7 Å². The number of fused-ring (bicyclic) bond motifs is 1. The van der Waals surface area contributed by atoms with Crippen LogP contribution in [0.5, 0.6) is 5.75 Å². The lowest BCUT2D eigenvalue weighted by molar-refractivity contribution is 0.388. The van der Waals surface area contributed by atoms with E-state index in [1.54, 1.807) is 18.2 Å². The lowest BCUT2D eigenvalue weighted by Gasteiger charge is -2.04. The number of aryl methyl sites for hydroxylation is 1. The summed E-state index contributed by atoms with van der Waals surface area (Å²) >= 11 is 0. The van der Waals surface area contributed by atoms with Crippen molar-refractivity contribution in [2.75, 3.05) is 0 Å². The summed E-state index contributed by atoms with van der Waals surface area (Å²) in [7, 11) is 0. The molecule has 1 atom stereocenters. The minimum absolute atomic E-state index is 0.00130. The van der Waals surface area contributed by atoms with Gasteiger partial charge >= 0.3 is 0 Å². The van der Waals surface area contributed by atoms with Crippen LogP contribution in [-0.4, -0.2) is 10.3 Å². The summed E-state index contributed by atoms with van der Waals surface area (Å²) in [6.07, 6.45) is 1.75. The lowest BCUT2D eigenvalue weighted by Crippen LogP contribution is -2.06. The van der Waals surface area contributed by atoms with E-state index in [0.29, 0.717) is 0 Å². The third-order valence-electron chi connectivity index (χ3n) is 2.98. The second-order valence-electron chi connectivity index (χ2n) is 4.06. The summed E-state index contributed by atoms with van der Waals surface area (Å²) in [5.41, 5.74) is 8.61. The maximum absolute atomic E-state index is 9.44. The van der Waals surface area contributed by atoms with Crippen LogP contribution >= 0.6 is 0 Å². The molecule has 0 amide bonds. The Kier molecular flexibility index (Phi) is 1.97. The highest BCUT2D eigenvalue weighted by Crippen LogP contribution is 2.37. The van der Waals surface area contributed by atoms with Crippen molar-refractivity contribution in [2.24, 2.45) is 5.73 Å². The van der Waals surface area contributed by atoms with Gasteiger partial charge in [-0.05, 0) is 18.6 Å². The SMILES string of the molecule is NC1CCc2onc(-c3cccc(O)c3)c21. The van der Waals surface area contributed by atoms with E-state index in [1.165, 1.54) is 0 Å². The van der Waals surface area contributed by atoms with Crippen molar-refractivity contribution >= 4 is 0 Å². The molecular weight excluding hydrogens is 204 g/mol. The average molecular weight is 216 g/mol. The molecule has 4 nitrogen and oxygen atoms in total. The fourth-order valence-electron chi connectivity index (χ4n) is 2.19. The van der Waals surface area contributed by atoms with Gasteiger partial charge in [0.2, 0.25) is 0 Å². The van der Waals surface area contributed by atoms with E-state index in [9.17, 15) is 5.11 Å². The summed E-state index contributed by atoms with van der Waals surface area (Å²) in [6, 6.07) is 6.97. The standard InChI is InChI=1S/C12H12N2O2/c13-9-4-5-10-11(9)12(14-16-10)7-2-1-3-8(15)6-7/h1-3,6,9,15H,4-5,13H2. The van der Waals surface area contributed by atoms with Gasteiger partial charge in [-0.1, -0.05) is 17.3 Å². The quantitative estimate of drug-likeness (QED) is 0.764. The van der Waals surface area contributed by atoms with Crippen LogP contribution in [0.25, 0.3) is 11.3 Å². The van der Waals surface area contributed by atoms with Crippen molar-refractivity contribution < 1.29 is 9.63 Å². The van der Waals surface area contributed by atoms with E-state index >= 15 is 0 Å². The molecule has 1 aliphatic rings. The molecule has 1 aromatic heterocycles. The first-order chi connectivity index (χ1) is 7.75. The van der Waals surface area contributed by atoms with Crippen molar-refractivity contribution in [3.8, 4) is 17.0 Å². The van der Waals surface area contributed by atoms with Crippen LogP contribution in [0, 0.1) is 0 Å². The molecule has 1 aliphatic carbocycles. The summed E-state index contributed by atoms with van der Waals surface area (Å²) in [6.45, 7) is 0. The first-order valence-electron chi connectivity index (χ1n) is 5.29. The van der Waals surface area contributed by atoms with E-state index < -0.39 is 0 Å². The van der Waals surface area contributed by atoms with Crippen LogP contribution in [0.4, 0.5) is 0 Å². The number of phenolic OH excluding ortho intramolecular Hbond substituents is 1. The first-order valence-corrected chi connectivity index (χ1v) is 5.29. The fraction of sp³-hybridized carbons (Fsp3) is 0.250. The molecule has 0 bridgehead atoms. The summed E-state index contributed by atoms with van der Waals surface area (Å²) in [5, 5.41) is 13.5. The Morgan fingerprint density at radius 2 is 2.31 bits per heavy atom. The molecule has 4 heteroatoms. The highest BCUT2D eigenvalue weighted by molar-refractivity contribution is 5.66. The number of hydrogen-bond acceptors (Lipinski definition) is 4. The van der Waals surface area contributed by atoms with Gasteiger partial charge in [-0.3, -0.25) is 0 Å². The predicted molar refractivity (Wildman–Crippen MR) is 58.9 cm³/mol. The number of benzene rings is 1. The van der Waals surface area contributed by atoms with Crippen molar-refractivity contribution in [1.29, 1.82) is 0 Å². The summed E-state index contributed by atoms with van der Waals surface area (Å²) in [5.74, 6) is 1.10. The second-order valence-corrected chi connectivity index (χ2v) is 4.06. The van der Waals surface area contributed by atoms with Gasteiger partial charge in [-0.25, -0.2) is 0 Å². The van der Waals surface area contributed by atoms with E-state index in [2.05, 4.69) is 5.16 Å². The molecule has 16 heavy (non-hydrogen) atoms. The smallest absolute Gasteiger partial charge is 0.142 e. The molecule has 0 spiro atoms. The Morgan fingerprint density at radius 1 is 1.44 bits per heavy atom. The first kappa shape index (κ1) is 9.42. The summed E-state index contributed by atoms with van der Waals surface area (Å²) < 4.78 is 5.26. The predicted octanol–water partition coefficient (Wildman–Crippen LogP) is 1.99. The number of nitrogens with zero attached hydrogens (tertiary/aromatic N) is 1. The molecule has 2 aromatic rings. The van der Waals surface area contributed by atoms with E-state index in [1.807, 2.05) is 6.07 Å². The minimum Gasteiger partial charge on any atom is -0.508 e. The number of phenols is 1. The van der Waals surface area contributed by atoms with Gasteiger partial charge in [-0.2, -0.15) is 0 Å². The molecule has 3 N–H and O–H groups in total. The Morgan fingerprint density at radius 3 is 3.12 bits per heavy atom. The zero-order valence-corrected chi connectivity index (χ0v) is 8.68. The van der Waals surface area contributed by atoms with Crippen LogP contribution < -0.4 is 5.73 Å². The molecule has 0 radical (unpaired) electrons. The van der Waals surface area contributed by atoms with Gasteiger partial charge in [0.15, 0.2) is 0 Å². The topological polar surface area (TPSA) is 72.3 Å². The van der Waals surface area contributed by atoms with Crippen molar-refractivity contribution in [3.05, 3.63) is 35.6 Å². The number of hydrogen-bond donors (Lipinski definition) is 2. The van der Waals surface area contributed by atoms with Crippen LogP contribution in [0.1, 0.15) is 23.8 Å². The minimum atomic E-state index is -0.00130. The third-order valence-corrected chi connectivity index (χ3v) is 2.98. The van der Waals surface area contributed by atoms with Crippen LogP contribution in [-0.2, 0) is 6.42 Å². The van der Waals surface area contributed by atoms with E-state index in [0.717, 1.165) is 35.4 Å². The maximum atomic E-state index is 9.44. The third kappa shape index (κ3) is 1.31. The van der Waals surface area contributed by atoms with Gasteiger partial charge in [-0.15, -0.1) is 0 Å². The summed E-state index contributed by atoms with van der Waals surface area (Å²) in [4.78, 5) is 0. The monoisotopic (exact) mass is 216 g/mol. The molecule has 82 valence electrons. The van der Waals surface area contributed by atoms with E-state index in [-0.39, 0.29) is 11.8 Å². The normalized spacial score (nSPS) is 18.7. The molecule has 3 rings (SSSR count). The molecule has 1 heterocycles. The largest absolute Gasteiger partial charge is 0.508 e. The zero-order valence-electron chi connectivity index (χ0n) is 8.68. The highest BCUT2D eigenvalue weighted by Gasteiger charge is 2.28. The van der Waals surface area contributed by atoms with Crippen molar-refractivity contribution in [2.45, 2.75) is 18.9 Å². The van der Waals surface area contributed by atoms with E-state index in [4.69, 9.17) is 10.3 Å². The van der Waals surface area contributed by atoms with Crippen LogP contribution in [0.2, 0.25) is 0 Å². The van der Waals surface area contributed by atoms with Crippen molar-refractivity contribution in [1.82, 2.24) is 5.16 Å². The molecule has 0 saturated heterocycles. The highest BCUT2D eigenvalue weighted by atomic mass is 16.5. The molecule has 0 saturated carbocycles. The zero-order chi connectivity index (χ0) is 11.1. The molecule has 1 aromatic carbocycles. The number of aromatic hydroxyl groups is 1. The molecule has 0 aliphatic heterocycles. The van der Waals surface area contributed by atoms with Gasteiger partial charge in [0.25, 0.3) is 0 Å². The van der Waals surface area contributed by atoms with Gasteiger partial charge in [0.05, 0.1) is 0 Å². The number of nitrogens with two attached hydrogens (primary N) is 1. The Hall–Kier alpha value is -1.81. The number of aromatic nitrogens is 1. The number of rotatable bonds is 1. The lowest BCUT2D eigenvalue weighted by atomic mass is 10.0. The van der Waals surface area contributed by atoms with Gasteiger partial charge < -0.3 is 15.4 Å². The van der Waals surface area contributed by atoms with Gasteiger partial charge in [0, 0.05) is 23.6 Å². The molecule has 0 fully saturated rings. The van der Waals surface area contributed by atoms with Gasteiger partial charge in [0.1, 0.15) is 17.2 Å². The van der Waals surface area contributed by atoms with Crippen LogP contribution in [0.15, 0.2) is 28.8 Å². The average Bonchev–Trinajstić information content (AvgIpc) is 2.82. The Balaban J connectivity index is 2.14. The van der Waals surface area contributed by atoms with Crippen molar-refractivity contribution in [3.63, 3.8) is 0 Å². The molecular formula is C12H12N2O2. The molecule has 1 unspecified atom stereocenters. The van der Waals surface area contributed by atoms with Crippen LogP contribution in [0.3, 0.4) is 0 Å². The maximum Gasteiger partial charge on any atom is 0.142 e. The second kappa shape index (κ2) is 3.35. The Bertz CT molecular complexity index is 534.